The third kappa shape index (κ3) is 1.78. The largest absolute Gasteiger partial charge is 0.302 e. The van der Waals surface area contributed by atoms with Crippen molar-refractivity contribution in [2.24, 2.45) is 5.92 Å². The molecular formula is C9H9NO. The Bertz CT molecular complexity index is 245. The average Bonchev–Trinajstić information content (AvgIpc) is 2.09. The Labute approximate surface area is 65.8 Å². The van der Waals surface area contributed by atoms with Gasteiger partial charge in [-0.2, -0.15) is 5.26 Å². The van der Waals surface area contributed by atoms with Gasteiger partial charge in [-0.05, 0) is 18.4 Å². The van der Waals surface area contributed by atoms with Crippen LogP contribution in [0.1, 0.15) is 12.8 Å². The van der Waals surface area contributed by atoms with Gasteiger partial charge in [0.05, 0.1) is 6.07 Å². The zero-order valence-corrected chi connectivity index (χ0v) is 6.16. The molecule has 56 valence electrons. The first-order chi connectivity index (χ1) is 5.38. The average molecular weight is 147 g/mol. The van der Waals surface area contributed by atoms with E-state index in [9.17, 15) is 4.79 Å². The summed E-state index contributed by atoms with van der Waals surface area (Å²) in [5.74, 6) is -0.563. The monoisotopic (exact) mass is 147 g/mol. The van der Waals surface area contributed by atoms with E-state index in [2.05, 4.69) is 0 Å². The molecule has 0 N–H and O–H groups in total. The second-order valence-corrected chi connectivity index (χ2v) is 2.43. The highest BCUT2D eigenvalue weighted by molar-refractivity contribution is 5.64. The van der Waals surface area contributed by atoms with E-state index < -0.39 is 5.92 Å². The SMILES string of the molecule is N#CC(C=O)C1=CCCC=C1. The van der Waals surface area contributed by atoms with Crippen molar-refractivity contribution in [1.29, 1.82) is 5.26 Å². The van der Waals surface area contributed by atoms with Crippen LogP contribution in [0, 0.1) is 17.2 Å². The third-order valence-electron chi connectivity index (χ3n) is 1.66. The van der Waals surface area contributed by atoms with Gasteiger partial charge in [0.25, 0.3) is 0 Å². The number of rotatable bonds is 2. The Morgan fingerprint density at radius 2 is 2.45 bits per heavy atom. The molecule has 0 aliphatic heterocycles. The predicted molar refractivity (Wildman–Crippen MR) is 41.6 cm³/mol. The lowest BCUT2D eigenvalue weighted by Gasteiger charge is -2.06. The van der Waals surface area contributed by atoms with Gasteiger partial charge >= 0.3 is 0 Å². The quantitative estimate of drug-likeness (QED) is 0.556. The Morgan fingerprint density at radius 3 is 2.91 bits per heavy atom. The number of hydrogen-bond donors (Lipinski definition) is 0. The van der Waals surface area contributed by atoms with Crippen molar-refractivity contribution in [3.8, 4) is 6.07 Å². The third-order valence-corrected chi connectivity index (χ3v) is 1.66. The highest BCUT2D eigenvalue weighted by Gasteiger charge is 2.10. The molecule has 1 unspecified atom stereocenters. The fraction of sp³-hybridized carbons (Fsp3) is 0.333. The molecule has 0 aromatic rings. The molecule has 0 saturated heterocycles. The van der Waals surface area contributed by atoms with Crippen LogP contribution in [-0.4, -0.2) is 6.29 Å². The minimum atomic E-state index is -0.563. The number of nitriles is 1. The molecule has 2 nitrogen and oxygen atoms in total. The number of carbonyl (C=O) groups is 1. The van der Waals surface area contributed by atoms with Crippen LogP contribution in [0.4, 0.5) is 0 Å². The summed E-state index contributed by atoms with van der Waals surface area (Å²) in [6, 6.07) is 1.93. The highest BCUT2D eigenvalue weighted by atomic mass is 16.1. The van der Waals surface area contributed by atoms with Crippen molar-refractivity contribution in [3.63, 3.8) is 0 Å². The molecule has 0 spiro atoms. The molecule has 0 amide bonds. The minimum absolute atomic E-state index is 0.563. The summed E-state index contributed by atoms with van der Waals surface area (Å²) >= 11 is 0. The van der Waals surface area contributed by atoms with Crippen LogP contribution in [0.3, 0.4) is 0 Å². The zero-order chi connectivity index (χ0) is 8.10. The van der Waals surface area contributed by atoms with Crippen LogP contribution in [-0.2, 0) is 4.79 Å². The molecule has 0 aromatic carbocycles. The Morgan fingerprint density at radius 1 is 1.64 bits per heavy atom. The van der Waals surface area contributed by atoms with Crippen molar-refractivity contribution < 1.29 is 4.79 Å². The van der Waals surface area contributed by atoms with Gasteiger partial charge in [0.2, 0.25) is 0 Å². The van der Waals surface area contributed by atoms with E-state index in [0.29, 0.717) is 6.29 Å². The summed E-state index contributed by atoms with van der Waals surface area (Å²) < 4.78 is 0. The first-order valence-electron chi connectivity index (χ1n) is 3.60. The van der Waals surface area contributed by atoms with Crippen LogP contribution in [0.5, 0.6) is 0 Å². The first kappa shape index (κ1) is 7.74. The first-order valence-corrected chi connectivity index (χ1v) is 3.60. The van der Waals surface area contributed by atoms with Crippen LogP contribution >= 0.6 is 0 Å². The van der Waals surface area contributed by atoms with Crippen molar-refractivity contribution in [3.05, 3.63) is 23.8 Å². The molecule has 1 aliphatic carbocycles. The van der Waals surface area contributed by atoms with Gasteiger partial charge in [0, 0.05) is 0 Å². The van der Waals surface area contributed by atoms with Gasteiger partial charge < -0.3 is 4.79 Å². The molecule has 1 atom stereocenters. The predicted octanol–water partition coefficient (Wildman–Crippen LogP) is 1.60. The maximum absolute atomic E-state index is 10.3. The standard InChI is InChI=1S/C9H9NO/c10-6-9(7-11)8-4-2-1-3-5-8/h2,4-5,7,9H,1,3H2. The van der Waals surface area contributed by atoms with E-state index in [4.69, 9.17) is 5.26 Å². The van der Waals surface area contributed by atoms with E-state index in [-0.39, 0.29) is 0 Å². The van der Waals surface area contributed by atoms with Gasteiger partial charge in [-0.25, -0.2) is 0 Å². The molecule has 2 heteroatoms. The van der Waals surface area contributed by atoms with Crippen molar-refractivity contribution in [1.82, 2.24) is 0 Å². The lowest BCUT2D eigenvalue weighted by molar-refractivity contribution is -0.108. The summed E-state index contributed by atoms with van der Waals surface area (Å²) in [6.45, 7) is 0. The maximum atomic E-state index is 10.3. The van der Waals surface area contributed by atoms with Crippen molar-refractivity contribution >= 4 is 6.29 Å². The molecule has 1 aliphatic rings. The van der Waals surface area contributed by atoms with Crippen LogP contribution < -0.4 is 0 Å². The maximum Gasteiger partial charge on any atom is 0.141 e. The Balaban J connectivity index is 2.73. The number of carbonyl (C=O) groups excluding carboxylic acids is 1. The topological polar surface area (TPSA) is 40.9 Å². The molecule has 0 heterocycles. The van der Waals surface area contributed by atoms with Crippen LogP contribution in [0.15, 0.2) is 23.8 Å². The lowest BCUT2D eigenvalue weighted by atomic mass is 9.96. The Kier molecular flexibility index (Phi) is 2.62. The summed E-state index contributed by atoms with van der Waals surface area (Å²) in [5.41, 5.74) is 0.841. The highest BCUT2D eigenvalue weighted by Crippen LogP contribution is 2.16. The van der Waals surface area contributed by atoms with Gasteiger partial charge in [0.15, 0.2) is 0 Å². The van der Waals surface area contributed by atoms with Crippen molar-refractivity contribution in [2.75, 3.05) is 0 Å². The number of nitrogens with zero attached hydrogens (tertiary/aromatic N) is 1. The zero-order valence-electron chi connectivity index (χ0n) is 6.16. The lowest BCUT2D eigenvalue weighted by Crippen LogP contribution is -2.02. The summed E-state index contributed by atoms with van der Waals surface area (Å²) in [6.07, 6.45) is 8.43. The summed E-state index contributed by atoms with van der Waals surface area (Å²) in [4.78, 5) is 10.3. The molecule has 1 rings (SSSR count). The Hall–Kier alpha value is -1.36. The van der Waals surface area contributed by atoms with E-state index >= 15 is 0 Å². The molecule has 0 aromatic heterocycles. The fourth-order valence-electron chi connectivity index (χ4n) is 1.05. The number of aldehydes is 1. The van der Waals surface area contributed by atoms with Crippen LogP contribution in [0.25, 0.3) is 0 Å². The molecular weight excluding hydrogens is 138 g/mol. The molecule has 0 fully saturated rings. The summed E-state index contributed by atoms with van der Waals surface area (Å²) in [7, 11) is 0. The molecule has 0 radical (unpaired) electrons. The summed E-state index contributed by atoms with van der Waals surface area (Å²) in [5, 5.41) is 8.52. The fourth-order valence-corrected chi connectivity index (χ4v) is 1.05. The van der Waals surface area contributed by atoms with E-state index in [1.165, 1.54) is 0 Å². The van der Waals surface area contributed by atoms with E-state index in [1.807, 2.05) is 24.3 Å². The molecule has 0 bridgehead atoms. The molecule has 0 saturated carbocycles. The molecule has 11 heavy (non-hydrogen) atoms. The van der Waals surface area contributed by atoms with Crippen LogP contribution in [0.2, 0.25) is 0 Å². The van der Waals surface area contributed by atoms with Gasteiger partial charge in [-0.1, -0.05) is 18.2 Å². The smallest absolute Gasteiger partial charge is 0.141 e. The van der Waals surface area contributed by atoms with E-state index in [0.717, 1.165) is 18.4 Å². The second kappa shape index (κ2) is 3.72. The number of hydrogen-bond acceptors (Lipinski definition) is 2. The normalized spacial score (nSPS) is 18.3. The van der Waals surface area contributed by atoms with E-state index in [1.54, 1.807) is 0 Å². The van der Waals surface area contributed by atoms with Gasteiger partial charge in [-0.3, -0.25) is 0 Å². The van der Waals surface area contributed by atoms with Gasteiger partial charge in [-0.15, -0.1) is 0 Å². The number of allylic oxidation sites excluding steroid dienone is 4. The van der Waals surface area contributed by atoms with Gasteiger partial charge in [0.1, 0.15) is 12.2 Å². The second-order valence-electron chi connectivity index (χ2n) is 2.43. The van der Waals surface area contributed by atoms with Crippen molar-refractivity contribution in [2.45, 2.75) is 12.8 Å². The minimum Gasteiger partial charge on any atom is -0.302 e.